The molecule has 0 bridgehead atoms. The number of hydrogen-bond donors (Lipinski definition) is 2. The third kappa shape index (κ3) is 13.1. The second kappa shape index (κ2) is 23.4. The number of H-pyrrole nitrogens is 1. The normalized spacial score (nSPS) is 12.8. The van der Waals surface area contributed by atoms with Crippen molar-refractivity contribution < 1.29 is 9.59 Å². The van der Waals surface area contributed by atoms with Gasteiger partial charge in [0.1, 0.15) is 23.5 Å². The molecular weight excluding hydrogens is 600 g/mol. The number of aromatic amines is 1. The van der Waals surface area contributed by atoms with Crippen LogP contribution in [0.5, 0.6) is 0 Å². The first kappa shape index (κ1) is 39.5. The maximum absolute atomic E-state index is 13.4. The molecule has 0 fully saturated rings. The molecule has 0 spiro atoms. The lowest BCUT2D eigenvalue weighted by Crippen LogP contribution is -2.25. The number of nitrogens with zero attached hydrogens (tertiary/aromatic N) is 4. The largest absolute Gasteiger partial charge is 0.334 e. The Morgan fingerprint density at radius 1 is 0.708 bits per heavy atom. The lowest BCUT2D eigenvalue weighted by atomic mass is 10.0. The molecule has 0 saturated heterocycles. The summed E-state index contributed by atoms with van der Waals surface area (Å²) in [7, 11) is 0. The van der Waals surface area contributed by atoms with Gasteiger partial charge in [0.05, 0.1) is 6.34 Å². The van der Waals surface area contributed by atoms with Gasteiger partial charge in [0, 0.05) is 12.3 Å². The second-order valence-corrected chi connectivity index (χ2v) is 14.1. The van der Waals surface area contributed by atoms with Gasteiger partial charge < -0.3 is 10.3 Å². The SMILES string of the molecule is CCCCCCCCCCCCCCCCCC(=O)n1c2c([nH]c1=O)-c1ncn(C(=O)C(C)CCCCCCCCCCC)c1N=CN2. The molecule has 48 heavy (non-hydrogen) atoms. The fourth-order valence-corrected chi connectivity index (χ4v) is 6.82. The van der Waals surface area contributed by atoms with Crippen LogP contribution in [-0.4, -0.2) is 37.3 Å². The zero-order chi connectivity index (χ0) is 34.4. The van der Waals surface area contributed by atoms with E-state index in [4.69, 9.17) is 0 Å². The minimum Gasteiger partial charge on any atom is -0.330 e. The average molecular weight is 667 g/mol. The van der Waals surface area contributed by atoms with Gasteiger partial charge in [0.2, 0.25) is 11.8 Å². The first-order valence-corrected chi connectivity index (χ1v) is 19.8. The molecule has 9 nitrogen and oxygen atoms in total. The summed E-state index contributed by atoms with van der Waals surface area (Å²) in [5.74, 6) is 0.220. The van der Waals surface area contributed by atoms with E-state index in [9.17, 15) is 14.4 Å². The quantitative estimate of drug-likeness (QED) is 0.0921. The van der Waals surface area contributed by atoms with Crippen molar-refractivity contribution in [2.24, 2.45) is 10.9 Å². The van der Waals surface area contributed by atoms with Gasteiger partial charge in [-0.15, -0.1) is 0 Å². The van der Waals surface area contributed by atoms with E-state index in [0.717, 1.165) is 43.1 Å². The van der Waals surface area contributed by atoms with Crippen LogP contribution in [0.15, 0.2) is 16.1 Å². The Labute approximate surface area is 290 Å². The van der Waals surface area contributed by atoms with E-state index in [1.807, 2.05) is 6.92 Å². The molecule has 1 atom stereocenters. The molecule has 2 aromatic heterocycles. The molecule has 0 aliphatic carbocycles. The molecular formula is C39H66N6O3. The minimum atomic E-state index is -0.501. The standard InChI is InChI=1S/C39H66N6O3/c1-4-6-8-10-12-14-15-16-17-18-19-21-23-25-27-29-33(46)45-37-35(43-39(45)48)34-36(40-30-41-37)44(31-42-34)38(47)32(3)28-26-24-22-20-13-11-9-7-5-2/h30-32H,4-29H2,1-3H3,(H,40,41)(H,43,48). The van der Waals surface area contributed by atoms with Gasteiger partial charge in [0.15, 0.2) is 5.82 Å². The van der Waals surface area contributed by atoms with Crippen LogP contribution in [0.3, 0.4) is 0 Å². The van der Waals surface area contributed by atoms with Gasteiger partial charge in [0.25, 0.3) is 0 Å². The van der Waals surface area contributed by atoms with Crippen LogP contribution < -0.4 is 11.0 Å². The maximum atomic E-state index is 13.4. The predicted molar refractivity (Wildman–Crippen MR) is 200 cm³/mol. The van der Waals surface area contributed by atoms with E-state index in [-0.39, 0.29) is 17.7 Å². The Morgan fingerprint density at radius 3 is 1.71 bits per heavy atom. The van der Waals surface area contributed by atoms with Crippen LogP contribution >= 0.6 is 0 Å². The van der Waals surface area contributed by atoms with Gasteiger partial charge in [-0.25, -0.2) is 19.3 Å². The van der Waals surface area contributed by atoms with Gasteiger partial charge >= 0.3 is 5.69 Å². The molecule has 1 aliphatic rings. The molecule has 9 heteroatoms. The first-order valence-electron chi connectivity index (χ1n) is 19.8. The van der Waals surface area contributed by atoms with Crippen molar-refractivity contribution in [3.63, 3.8) is 0 Å². The maximum Gasteiger partial charge on any atom is 0.334 e. The van der Waals surface area contributed by atoms with E-state index in [1.165, 1.54) is 139 Å². The van der Waals surface area contributed by atoms with Gasteiger partial charge in [-0.2, -0.15) is 0 Å². The Bertz CT molecular complexity index is 1290. The Balaban J connectivity index is 1.39. The number of aliphatic imine (C=N–C) groups is 1. The highest BCUT2D eigenvalue weighted by Crippen LogP contribution is 2.35. The van der Waals surface area contributed by atoms with Crippen LogP contribution in [0.2, 0.25) is 0 Å². The first-order chi connectivity index (χ1) is 23.5. The van der Waals surface area contributed by atoms with Crippen LogP contribution in [-0.2, 0) is 0 Å². The van der Waals surface area contributed by atoms with Crippen LogP contribution in [0.1, 0.15) is 197 Å². The van der Waals surface area contributed by atoms with Crippen LogP contribution in [0.4, 0.5) is 11.6 Å². The second-order valence-electron chi connectivity index (χ2n) is 14.1. The number of aromatic nitrogens is 4. The van der Waals surface area contributed by atoms with Gasteiger partial charge in [-0.1, -0.05) is 168 Å². The molecule has 3 rings (SSSR count). The molecule has 0 amide bonds. The summed E-state index contributed by atoms with van der Waals surface area (Å²) in [4.78, 5) is 51.2. The van der Waals surface area contributed by atoms with Crippen molar-refractivity contribution in [2.75, 3.05) is 5.32 Å². The number of hydrogen-bond acceptors (Lipinski definition) is 6. The van der Waals surface area contributed by atoms with Crippen molar-refractivity contribution in [3.8, 4) is 11.4 Å². The molecule has 0 radical (unpaired) electrons. The molecule has 3 heterocycles. The smallest absolute Gasteiger partial charge is 0.330 e. The van der Waals surface area contributed by atoms with Gasteiger partial charge in [-0.3, -0.25) is 14.2 Å². The molecule has 270 valence electrons. The monoisotopic (exact) mass is 667 g/mol. The summed E-state index contributed by atoms with van der Waals surface area (Å²) in [6.45, 7) is 6.47. The van der Waals surface area contributed by atoms with Crippen molar-refractivity contribution >= 4 is 29.8 Å². The van der Waals surface area contributed by atoms with Crippen molar-refractivity contribution in [1.29, 1.82) is 0 Å². The lowest BCUT2D eigenvalue weighted by Gasteiger charge is -2.12. The number of fused-ring (bicyclic) bond motifs is 3. The van der Waals surface area contributed by atoms with Crippen LogP contribution in [0, 0.1) is 5.92 Å². The molecule has 1 unspecified atom stereocenters. The molecule has 1 aliphatic heterocycles. The summed E-state index contributed by atoms with van der Waals surface area (Å²) >= 11 is 0. The van der Waals surface area contributed by atoms with E-state index in [2.05, 4.69) is 34.1 Å². The summed E-state index contributed by atoms with van der Waals surface area (Å²) in [5.41, 5.74) is 0.278. The van der Waals surface area contributed by atoms with E-state index in [1.54, 1.807) is 0 Å². The Hall–Kier alpha value is -2.97. The van der Waals surface area contributed by atoms with E-state index < -0.39 is 5.69 Å². The number of carbonyl (C=O) groups excluding carboxylic acids is 2. The summed E-state index contributed by atoms with van der Waals surface area (Å²) < 4.78 is 2.64. The summed E-state index contributed by atoms with van der Waals surface area (Å²) in [5, 5.41) is 3.00. The highest BCUT2D eigenvalue weighted by atomic mass is 16.2. The number of unbranched alkanes of at least 4 members (excludes halogenated alkanes) is 22. The zero-order valence-corrected chi connectivity index (χ0v) is 30.6. The van der Waals surface area contributed by atoms with Crippen LogP contribution in [0.25, 0.3) is 11.4 Å². The summed E-state index contributed by atoms with van der Waals surface area (Å²) in [6, 6.07) is 0. The molecule has 2 aromatic rings. The highest BCUT2D eigenvalue weighted by Gasteiger charge is 2.28. The predicted octanol–water partition coefficient (Wildman–Crippen LogP) is 11.2. The summed E-state index contributed by atoms with van der Waals surface area (Å²) in [6.07, 6.45) is 34.2. The minimum absolute atomic E-state index is 0.0602. The number of rotatable bonds is 27. The topological polar surface area (TPSA) is 114 Å². The fourth-order valence-electron chi connectivity index (χ4n) is 6.82. The average Bonchev–Trinajstić information content (AvgIpc) is 3.60. The highest BCUT2D eigenvalue weighted by molar-refractivity contribution is 5.97. The third-order valence-corrected chi connectivity index (χ3v) is 9.91. The molecule has 0 aromatic carbocycles. The van der Waals surface area contributed by atoms with E-state index >= 15 is 0 Å². The fraction of sp³-hybridized carbons (Fsp3) is 0.769. The number of nitrogens with one attached hydrogen (secondary N) is 2. The molecule has 0 saturated carbocycles. The zero-order valence-electron chi connectivity index (χ0n) is 30.6. The van der Waals surface area contributed by atoms with Crippen molar-refractivity contribution in [2.45, 2.75) is 188 Å². The molecule has 2 N–H and O–H groups in total. The van der Waals surface area contributed by atoms with Gasteiger partial charge in [-0.05, 0) is 12.8 Å². The number of anilines is 1. The number of imidazole rings is 2. The lowest BCUT2D eigenvalue weighted by molar-refractivity contribution is 0.0837. The van der Waals surface area contributed by atoms with Crippen molar-refractivity contribution in [1.82, 2.24) is 19.1 Å². The third-order valence-electron chi connectivity index (χ3n) is 9.91. The Kier molecular flexibility index (Phi) is 19.2. The van der Waals surface area contributed by atoms with E-state index in [0.29, 0.717) is 29.4 Å². The van der Waals surface area contributed by atoms with Crippen molar-refractivity contribution in [3.05, 3.63) is 16.8 Å². The number of carbonyl (C=O) groups is 2. The Morgan fingerprint density at radius 2 is 1.19 bits per heavy atom.